The molecule has 0 saturated heterocycles. The molecule has 0 aliphatic heterocycles. The molecule has 10 nitrogen and oxygen atoms in total. The Morgan fingerprint density at radius 1 is 0.941 bits per heavy atom. The third-order valence-electron chi connectivity index (χ3n) is 4.96. The molecule has 0 saturated carbocycles. The van der Waals surface area contributed by atoms with Crippen LogP contribution in [0.1, 0.15) is 11.3 Å². The van der Waals surface area contributed by atoms with Crippen LogP contribution in [0.5, 0.6) is 23.1 Å². The maximum absolute atomic E-state index is 13.5. The van der Waals surface area contributed by atoms with Crippen molar-refractivity contribution in [3.63, 3.8) is 0 Å². The fraction of sp³-hybridized carbons (Fsp3) is 0.130. The van der Waals surface area contributed by atoms with Crippen molar-refractivity contribution in [2.75, 3.05) is 7.11 Å². The van der Waals surface area contributed by atoms with Gasteiger partial charge in [0.2, 0.25) is 15.9 Å². The molecule has 0 bridgehead atoms. The number of sulfonamides is 1. The molecular formula is C23H22N4O6S. The second kappa shape index (κ2) is 9.81. The van der Waals surface area contributed by atoms with Gasteiger partial charge in [0.05, 0.1) is 24.2 Å². The lowest BCUT2D eigenvalue weighted by atomic mass is 10.3. The van der Waals surface area contributed by atoms with Crippen LogP contribution in [0.4, 0.5) is 0 Å². The summed E-state index contributed by atoms with van der Waals surface area (Å²) >= 11 is 0. The van der Waals surface area contributed by atoms with Gasteiger partial charge in [-0.1, -0.05) is 6.07 Å². The SMILES string of the molecule is COc1ccc(Oc2ccc(S(=O)(=O)N(Cc3cccnc3)Cc3[nH]c(=O)[nH]c3O)cc2)cc1. The Morgan fingerprint density at radius 2 is 1.59 bits per heavy atom. The first-order valence-corrected chi connectivity index (χ1v) is 11.6. The van der Waals surface area contributed by atoms with Crippen molar-refractivity contribution in [1.82, 2.24) is 19.3 Å². The van der Waals surface area contributed by atoms with Gasteiger partial charge in [-0.15, -0.1) is 0 Å². The van der Waals surface area contributed by atoms with Crippen LogP contribution < -0.4 is 15.2 Å². The number of aromatic nitrogens is 3. The summed E-state index contributed by atoms with van der Waals surface area (Å²) in [6, 6.07) is 16.4. The van der Waals surface area contributed by atoms with E-state index in [9.17, 15) is 18.3 Å². The normalized spacial score (nSPS) is 11.5. The summed E-state index contributed by atoms with van der Waals surface area (Å²) in [5.74, 6) is 1.30. The molecule has 0 radical (unpaired) electrons. The van der Waals surface area contributed by atoms with Gasteiger partial charge in [-0.2, -0.15) is 4.31 Å². The maximum atomic E-state index is 13.5. The van der Waals surface area contributed by atoms with Gasteiger partial charge in [0.25, 0.3) is 0 Å². The molecule has 0 aliphatic rings. The number of hydrogen-bond acceptors (Lipinski definition) is 7. The minimum Gasteiger partial charge on any atom is -0.497 e. The highest BCUT2D eigenvalue weighted by atomic mass is 32.2. The van der Waals surface area contributed by atoms with E-state index in [0.29, 0.717) is 22.8 Å². The number of benzene rings is 2. The van der Waals surface area contributed by atoms with Gasteiger partial charge in [0.1, 0.15) is 17.2 Å². The highest BCUT2D eigenvalue weighted by molar-refractivity contribution is 7.89. The largest absolute Gasteiger partial charge is 0.497 e. The second-order valence-corrected chi connectivity index (χ2v) is 9.23. The Hall–Kier alpha value is -4.09. The molecule has 0 aliphatic carbocycles. The van der Waals surface area contributed by atoms with Crippen LogP contribution in [0, 0.1) is 0 Å². The van der Waals surface area contributed by atoms with E-state index in [-0.39, 0.29) is 23.7 Å². The van der Waals surface area contributed by atoms with Crippen molar-refractivity contribution >= 4 is 10.0 Å². The van der Waals surface area contributed by atoms with E-state index in [1.165, 1.54) is 12.1 Å². The molecule has 0 atom stereocenters. The quantitative estimate of drug-likeness (QED) is 0.333. The maximum Gasteiger partial charge on any atom is 0.326 e. The van der Waals surface area contributed by atoms with E-state index in [1.54, 1.807) is 68.0 Å². The van der Waals surface area contributed by atoms with Crippen LogP contribution in [0.25, 0.3) is 0 Å². The van der Waals surface area contributed by atoms with Crippen molar-refractivity contribution in [2.45, 2.75) is 18.0 Å². The molecule has 2 aromatic carbocycles. The number of hydrogen-bond donors (Lipinski definition) is 3. The average Bonchev–Trinajstić information content (AvgIpc) is 3.16. The molecule has 11 heteroatoms. The standard InChI is InChI=1S/C23H22N4O6S/c1-32-17-4-6-18(7-5-17)33-19-8-10-20(11-9-19)34(30,31)27(14-16-3-2-12-24-13-16)15-21-22(28)26-23(29)25-21/h2-13,28H,14-15H2,1H3,(H2,25,26,29). The molecule has 2 heterocycles. The van der Waals surface area contributed by atoms with Crippen molar-refractivity contribution in [1.29, 1.82) is 0 Å². The summed E-state index contributed by atoms with van der Waals surface area (Å²) in [4.78, 5) is 20.2. The summed E-state index contributed by atoms with van der Waals surface area (Å²) in [6.07, 6.45) is 3.13. The van der Waals surface area contributed by atoms with Crippen molar-refractivity contribution in [3.05, 3.63) is 94.8 Å². The van der Waals surface area contributed by atoms with Crippen LogP contribution in [0.15, 0.2) is 82.7 Å². The van der Waals surface area contributed by atoms with E-state index in [1.807, 2.05) is 0 Å². The number of imidazole rings is 1. The minimum absolute atomic E-state index is 0.0209. The fourth-order valence-corrected chi connectivity index (χ4v) is 4.63. The first-order valence-electron chi connectivity index (χ1n) is 10.2. The summed E-state index contributed by atoms with van der Waals surface area (Å²) in [7, 11) is -2.45. The number of pyridine rings is 1. The Kier molecular flexibility index (Phi) is 6.66. The first kappa shape index (κ1) is 23.1. The molecule has 0 fully saturated rings. The Morgan fingerprint density at radius 3 is 2.15 bits per heavy atom. The number of nitrogens with one attached hydrogen (secondary N) is 2. The monoisotopic (exact) mass is 482 g/mol. The van der Waals surface area contributed by atoms with Gasteiger partial charge >= 0.3 is 5.69 Å². The van der Waals surface area contributed by atoms with E-state index in [0.717, 1.165) is 4.31 Å². The number of methoxy groups -OCH3 is 1. The van der Waals surface area contributed by atoms with E-state index >= 15 is 0 Å². The Labute approximate surface area is 195 Å². The van der Waals surface area contributed by atoms with Gasteiger partial charge in [0, 0.05) is 18.9 Å². The Balaban J connectivity index is 1.59. The van der Waals surface area contributed by atoms with Gasteiger partial charge in [-0.25, -0.2) is 13.2 Å². The zero-order valence-corrected chi connectivity index (χ0v) is 19.0. The molecule has 3 N–H and O–H groups in total. The van der Waals surface area contributed by atoms with Crippen molar-refractivity contribution < 1.29 is 23.0 Å². The van der Waals surface area contributed by atoms with Crippen LogP contribution >= 0.6 is 0 Å². The molecule has 0 amide bonds. The number of nitrogens with zero attached hydrogens (tertiary/aromatic N) is 2. The van der Waals surface area contributed by atoms with E-state index < -0.39 is 21.6 Å². The van der Waals surface area contributed by atoms with Gasteiger partial charge in [-0.3, -0.25) is 9.97 Å². The summed E-state index contributed by atoms with van der Waals surface area (Å²) in [5, 5.41) is 9.95. The molecule has 4 aromatic rings. The van der Waals surface area contributed by atoms with Gasteiger partial charge in [-0.05, 0) is 60.2 Å². The average molecular weight is 483 g/mol. The van der Waals surface area contributed by atoms with E-state index in [2.05, 4.69) is 15.0 Å². The summed E-state index contributed by atoms with van der Waals surface area (Å²) in [5.41, 5.74) is 0.0612. The third-order valence-corrected chi connectivity index (χ3v) is 6.76. The summed E-state index contributed by atoms with van der Waals surface area (Å²) < 4.78 is 39.0. The van der Waals surface area contributed by atoms with Crippen LogP contribution in [-0.4, -0.2) is 39.9 Å². The van der Waals surface area contributed by atoms with E-state index in [4.69, 9.17) is 9.47 Å². The molecule has 4 rings (SSSR count). The van der Waals surface area contributed by atoms with Crippen LogP contribution in [0.3, 0.4) is 0 Å². The predicted molar refractivity (Wildman–Crippen MR) is 123 cm³/mol. The lowest BCUT2D eigenvalue weighted by molar-refractivity contribution is 0.381. The molecule has 0 spiro atoms. The van der Waals surface area contributed by atoms with Gasteiger partial charge in [0.15, 0.2) is 0 Å². The second-order valence-electron chi connectivity index (χ2n) is 7.29. The Bertz CT molecular complexity index is 1400. The zero-order valence-electron chi connectivity index (χ0n) is 18.1. The highest BCUT2D eigenvalue weighted by Crippen LogP contribution is 2.27. The third kappa shape index (κ3) is 5.27. The first-order chi connectivity index (χ1) is 16.3. The predicted octanol–water partition coefficient (Wildman–Crippen LogP) is 3.00. The number of H-pyrrole nitrogens is 2. The lowest BCUT2D eigenvalue weighted by Crippen LogP contribution is -2.30. The number of ether oxygens (including phenoxy) is 2. The zero-order chi connectivity index (χ0) is 24.1. The molecule has 34 heavy (non-hydrogen) atoms. The highest BCUT2D eigenvalue weighted by Gasteiger charge is 2.27. The van der Waals surface area contributed by atoms with Gasteiger partial charge < -0.3 is 19.6 Å². The summed E-state index contributed by atoms with van der Waals surface area (Å²) in [6.45, 7) is -0.279. The molecule has 0 unspecified atom stereocenters. The lowest BCUT2D eigenvalue weighted by Gasteiger charge is -2.22. The van der Waals surface area contributed by atoms with Crippen LogP contribution in [-0.2, 0) is 23.1 Å². The topological polar surface area (TPSA) is 138 Å². The number of aromatic hydroxyl groups is 1. The molecule has 176 valence electrons. The molecule has 2 aromatic heterocycles. The van der Waals surface area contributed by atoms with Crippen molar-refractivity contribution in [3.8, 4) is 23.1 Å². The fourth-order valence-electron chi connectivity index (χ4n) is 3.23. The number of rotatable bonds is 9. The minimum atomic E-state index is -4.02. The number of aromatic amines is 2. The smallest absolute Gasteiger partial charge is 0.326 e. The van der Waals surface area contributed by atoms with Crippen LogP contribution in [0.2, 0.25) is 0 Å². The van der Waals surface area contributed by atoms with Crippen molar-refractivity contribution in [2.24, 2.45) is 0 Å². The molecular weight excluding hydrogens is 460 g/mol.